The fourth-order valence-corrected chi connectivity index (χ4v) is 4.47. The zero-order valence-electron chi connectivity index (χ0n) is 11.6. The second-order valence-electron chi connectivity index (χ2n) is 5.68. The summed E-state index contributed by atoms with van der Waals surface area (Å²) in [6, 6.07) is 0.618. The Morgan fingerprint density at radius 3 is 3.32 bits per heavy atom. The molecule has 1 aromatic rings. The molecular weight excluding hydrogens is 258 g/mol. The third-order valence-corrected chi connectivity index (χ3v) is 5.49. The van der Waals surface area contributed by atoms with Gasteiger partial charge in [0, 0.05) is 50.8 Å². The number of aryl methyl sites for hydroxylation is 1. The molecular formula is C14H23N3OS. The van der Waals surface area contributed by atoms with Crippen LogP contribution in [0.3, 0.4) is 0 Å². The summed E-state index contributed by atoms with van der Waals surface area (Å²) in [7, 11) is 2.06. The van der Waals surface area contributed by atoms with Gasteiger partial charge in [0.1, 0.15) is 5.82 Å². The summed E-state index contributed by atoms with van der Waals surface area (Å²) in [5, 5.41) is 3.70. The van der Waals surface area contributed by atoms with Gasteiger partial charge in [0.15, 0.2) is 0 Å². The Balaban J connectivity index is 1.46. The smallest absolute Gasteiger partial charge is 0.109 e. The van der Waals surface area contributed by atoms with Gasteiger partial charge in [0.2, 0.25) is 0 Å². The highest BCUT2D eigenvalue weighted by molar-refractivity contribution is 7.99. The highest BCUT2D eigenvalue weighted by Crippen LogP contribution is 2.38. The molecule has 5 heteroatoms. The number of aromatic nitrogens is 2. The van der Waals surface area contributed by atoms with Gasteiger partial charge in [0.25, 0.3) is 0 Å². The predicted octanol–water partition coefficient (Wildman–Crippen LogP) is 1.61. The first kappa shape index (κ1) is 13.5. The van der Waals surface area contributed by atoms with E-state index in [1.165, 1.54) is 24.3 Å². The van der Waals surface area contributed by atoms with Gasteiger partial charge >= 0.3 is 0 Å². The van der Waals surface area contributed by atoms with Crippen molar-refractivity contribution in [3.8, 4) is 0 Å². The summed E-state index contributed by atoms with van der Waals surface area (Å²) in [5.74, 6) is 3.61. The Labute approximate surface area is 119 Å². The van der Waals surface area contributed by atoms with E-state index in [4.69, 9.17) is 4.74 Å². The summed E-state index contributed by atoms with van der Waals surface area (Å²) in [6.07, 6.45) is 8.44. The number of thioether (sulfide) groups is 1. The Hall–Kier alpha value is -0.520. The molecule has 0 amide bonds. The van der Waals surface area contributed by atoms with E-state index in [-0.39, 0.29) is 5.60 Å². The molecule has 0 aliphatic carbocycles. The third kappa shape index (κ3) is 3.15. The van der Waals surface area contributed by atoms with E-state index in [9.17, 15) is 0 Å². The maximum absolute atomic E-state index is 6.05. The number of hydrogen-bond acceptors (Lipinski definition) is 4. The summed E-state index contributed by atoms with van der Waals surface area (Å²) in [5.41, 5.74) is 0.184. The number of hydrogen-bond donors (Lipinski definition) is 1. The molecule has 4 nitrogen and oxygen atoms in total. The third-order valence-electron chi connectivity index (χ3n) is 4.26. The minimum absolute atomic E-state index is 0.184. The number of imidazole rings is 1. The van der Waals surface area contributed by atoms with Crippen molar-refractivity contribution in [2.24, 2.45) is 7.05 Å². The van der Waals surface area contributed by atoms with Gasteiger partial charge in [-0.05, 0) is 25.0 Å². The van der Waals surface area contributed by atoms with Crippen molar-refractivity contribution >= 4 is 11.8 Å². The van der Waals surface area contributed by atoms with Crippen molar-refractivity contribution in [1.82, 2.24) is 14.9 Å². The average molecular weight is 281 g/mol. The molecule has 0 bridgehead atoms. The van der Waals surface area contributed by atoms with Crippen molar-refractivity contribution in [3.05, 3.63) is 18.2 Å². The number of ether oxygens (including phenoxy) is 1. The first-order chi connectivity index (χ1) is 9.27. The Morgan fingerprint density at radius 2 is 2.58 bits per heavy atom. The monoisotopic (exact) mass is 281 g/mol. The molecule has 2 atom stereocenters. The van der Waals surface area contributed by atoms with Gasteiger partial charge in [-0.1, -0.05) is 0 Å². The highest BCUT2D eigenvalue weighted by Gasteiger charge is 2.40. The van der Waals surface area contributed by atoms with Crippen molar-refractivity contribution in [3.63, 3.8) is 0 Å². The number of nitrogens with zero attached hydrogens (tertiary/aromatic N) is 2. The van der Waals surface area contributed by atoms with Gasteiger partial charge < -0.3 is 14.6 Å². The zero-order chi connectivity index (χ0) is 13.1. The van der Waals surface area contributed by atoms with Crippen LogP contribution in [-0.2, 0) is 18.2 Å². The minimum atomic E-state index is 0.184. The van der Waals surface area contributed by atoms with E-state index < -0.39 is 0 Å². The highest BCUT2D eigenvalue weighted by atomic mass is 32.2. The van der Waals surface area contributed by atoms with E-state index >= 15 is 0 Å². The molecule has 1 N–H and O–H groups in total. The molecule has 2 aliphatic rings. The van der Waals surface area contributed by atoms with Gasteiger partial charge in [-0.15, -0.1) is 0 Å². The lowest BCUT2D eigenvalue weighted by Gasteiger charge is -2.38. The van der Waals surface area contributed by atoms with Crippen LogP contribution in [-0.4, -0.2) is 45.9 Å². The maximum Gasteiger partial charge on any atom is 0.109 e. The Kier molecular flexibility index (Phi) is 4.15. The number of rotatable bonds is 4. The maximum atomic E-state index is 6.05. The van der Waals surface area contributed by atoms with E-state index in [0.717, 1.165) is 31.8 Å². The predicted molar refractivity (Wildman–Crippen MR) is 78.6 cm³/mol. The van der Waals surface area contributed by atoms with E-state index in [2.05, 4.69) is 21.9 Å². The van der Waals surface area contributed by atoms with Crippen molar-refractivity contribution in [2.45, 2.75) is 37.3 Å². The van der Waals surface area contributed by atoms with Crippen LogP contribution in [0, 0.1) is 0 Å². The first-order valence-electron chi connectivity index (χ1n) is 7.19. The topological polar surface area (TPSA) is 39.1 Å². The number of nitrogens with one attached hydrogen (secondary N) is 1. The van der Waals surface area contributed by atoms with Crippen LogP contribution in [0.2, 0.25) is 0 Å². The van der Waals surface area contributed by atoms with Gasteiger partial charge in [0.05, 0.1) is 5.60 Å². The minimum Gasteiger partial charge on any atom is -0.374 e. The first-order valence-corrected chi connectivity index (χ1v) is 8.34. The molecule has 1 spiro atoms. The summed E-state index contributed by atoms with van der Waals surface area (Å²) in [4.78, 5) is 4.36. The molecule has 1 aromatic heterocycles. The lowest BCUT2D eigenvalue weighted by atomic mass is 9.90. The molecule has 19 heavy (non-hydrogen) atoms. The van der Waals surface area contributed by atoms with Crippen LogP contribution in [0.5, 0.6) is 0 Å². The Bertz CT molecular complexity index is 415. The second-order valence-corrected chi connectivity index (χ2v) is 6.79. The Morgan fingerprint density at radius 1 is 1.63 bits per heavy atom. The fourth-order valence-electron chi connectivity index (χ4n) is 3.09. The van der Waals surface area contributed by atoms with Crippen molar-refractivity contribution < 1.29 is 4.74 Å². The van der Waals surface area contributed by atoms with Crippen LogP contribution in [0.1, 0.15) is 25.1 Å². The molecule has 3 rings (SSSR count). The molecule has 2 aliphatic heterocycles. The largest absolute Gasteiger partial charge is 0.374 e. The van der Waals surface area contributed by atoms with E-state index in [1.807, 2.05) is 24.2 Å². The van der Waals surface area contributed by atoms with Crippen molar-refractivity contribution in [1.29, 1.82) is 0 Å². The van der Waals surface area contributed by atoms with Gasteiger partial charge in [-0.3, -0.25) is 0 Å². The second kappa shape index (κ2) is 5.85. The summed E-state index contributed by atoms with van der Waals surface area (Å²) < 4.78 is 8.15. The van der Waals surface area contributed by atoms with Crippen LogP contribution in [0.25, 0.3) is 0 Å². The van der Waals surface area contributed by atoms with Crippen LogP contribution in [0.15, 0.2) is 12.4 Å². The molecule has 2 unspecified atom stereocenters. The average Bonchev–Trinajstić information content (AvgIpc) is 3.01. The molecule has 0 saturated carbocycles. The SMILES string of the molecule is Cn1ccnc1CCNC1CCOC2(CCSC2)C1. The quantitative estimate of drug-likeness (QED) is 0.910. The van der Waals surface area contributed by atoms with Crippen LogP contribution in [0.4, 0.5) is 0 Å². The fraction of sp³-hybridized carbons (Fsp3) is 0.786. The van der Waals surface area contributed by atoms with Gasteiger partial charge in [-0.25, -0.2) is 4.98 Å². The molecule has 3 heterocycles. The lowest BCUT2D eigenvalue weighted by Crippen LogP contribution is -2.47. The van der Waals surface area contributed by atoms with E-state index in [1.54, 1.807) is 0 Å². The van der Waals surface area contributed by atoms with Crippen LogP contribution < -0.4 is 5.32 Å². The lowest BCUT2D eigenvalue weighted by molar-refractivity contribution is -0.0699. The molecule has 0 aromatic carbocycles. The van der Waals surface area contributed by atoms with E-state index in [0.29, 0.717) is 6.04 Å². The normalized spacial score (nSPS) is 31.1. The standard InChI is InChI=1S/C14H23N3OS/c1-17-7-6-16-13(17)2-5-15-12-3-8-18-14(10-12)4-9-19-11-14/h6-7,12,15H,2-5,8-11H2,1H3. The van der Waals surface area contributed by atoms with Crippen molar-refractivity contribution in [2.75, 3.05) is 24.7 Å². The zero-order valence-corrected chi connectivity index (χ0v) is 12.4. The molecule has 0 radical (unpaired) electrons. The van der Waals surface area contributed by atoms with Crippen LogP contribution >= 0.6 is 11.8 Å². The molecule has 2 saturated heterocycles. The summed E-state index contributed by atoms with van der Waals surface area (Å²) >= 11 is 2.04. The molecule has 106 valence electrons. The molecule has 2 fully saturated rings. The van der Waals surface area contributed by atoms with Gasteiger partial charge in [-0.2, -0.15) is 11.8 Å². The summed E-state index contributed by atoms with van der Waals surface area (Å²) in [6.45, 7) is 1.93.